The highest BCUT2D eigenvalue weighted by Gasteiger charge is 2.36. The lowest BCUT2D eigenvalue weighted by Crippen LogP contribution is -2.20. The Labute approximate surface area is 170 Å². The number of nitrogens with zero attached hydrogens (tertiary/aromatic N) is 4. The monoisotopic (exact) mass is 413 g/mol. The van der Waals surface area contributed by atoms with Crippen LogP contribution < -0.4 is 10.1 Å². The van der Waals surface area contributed by atoms with Crippen LogP contribution in [-0.4, -0.2) is 26.6 Å². The molecule has 0 saturated heterocycles. The van der Waals surface area contributed by atoms with E-state index in [1.165, 1.54) is 6.07 Å². The Balaban J connectivity index is 1.88. The van der Waals surface area contributed by atoms with Crippen molar-refractivity contribution in [1.29, 1.82) is 0 Å². The maximum Gasteiger partial charge on any atom is 0.451 e. The minimum Gasteiger partial charge on any atom is -0.497 e. The second-order valence-electron chi connectivity index (χ2n) is 6.66. The largest absolute Gasteiger partial charge is 0.497 e. The van der Waals surface area contributed by atoms with Gasteiger partial charge in [0, 0.05) is 24.8 Å². The van der Waals surface area contributed by atoms with E-state index < -0.39 is 18.0 Å². The van der Waals surface area contributed by atoms with E-state index >= 15 is 0 Å². The van der Waals surface area contributed by atoms with Crippen LogP contribution in [0.2, 0.25) is 0 Å². The predicted molar refractivity (Wildman–Crippen MR) is 106 cm³/mol. The molecule has 4 rings (SSSR count). The zero-order chi connectivity index (χ0) is 21.3. The Morgan fingerprint density at radius 1 is 1.07 bits per heavy atom. The molecule has 30 heavy (non-hydrogen) atoms. The van der Waals surface area contributed by atoms with Gasteiger partial charge in [-0.3, -0.25) is 0 Å². The summed E-state index contributed by atoms with van der Waals surface area (Å²) in [6, 6.07) is 13.3. The van der Waals surface area contributed by atoms with Gasteiger partial charge in [-0.05, 0) is 29.8 Å². The minimum absolute atomic E-state index is 0.0729. The Morgan fingerprint density at radius 3 is 2.57 bits per heavy atom. The third-order valence-corrected chi connectivity index (χ3v) is 4.68. The second kappa shape index (κ2) is 7.66. The molecule has 0 bridgehead atoms. The van der Waals surface area contributed by atoms with Crippen LogP contribution in [0.25, 0.3) is 10.9 Å². The second-order valence-corrected chi connectivity index (χ2v) is 6.66. The van der Waals surface area contributed by atoms with Crippen molar-refractivity contribution in [2.24, 2.45) is 7.05 Å². The minimum atomic E-state index is -4.67. The van der Waals surface area contributed by atoms with E-state index in [9.17, 15) is 13.2 Å². The molecule has 1 N–H and O–H groups in total. The molecule has 0 saturated carbocycles. The standard InChI is InChI=1S/C21H18F3N5O/c1-29-11-10-25-19(29)17(13-6-5-7-14(12-13)30-2)27-18-15-8-3-4-9-16(15)26-20(28-18)21(22,23)24/h3-12,17H,1-2H3,(H,26,27,28). The van der Waals surface area contributed by atoms with E-state index in [1.54, 1.807) is 54.4 Å². The maximum atomic E-state index is 13.4. The summed E-state index contributed by atoms with van der Waals surface area (Å²) in [5.74, 6) is 0.105. The molecule has 6 nitrogen and oxygen atoms in total. The number of imidazole rings is 1. The summed E-state index contributed by atoms with van der Waals surface area (Å²) in [6.45, 7) is 0. The summed E-state index contributed by atoms with van der Waals surface area (Å²) in [7, 11) is 3.37. The number of aryl methyl sites for hydroxylation is 1. The number of hydrogen-bond donors (Lipinski definition) is 1. The number of benzene rings is 2. The first-order chi connectivity index (χ1) is 14.4. The van der Waals surface area contributed by atoms with Crippen molar-refractivity contribution in [3.05, 3.63) is 78.1 Å². The number of alkyl halides is 3. The van der Waals surface area contributed by atoms with Gasteiger partial charge in [-0.2, -0.15) is 13.2 Å². The number of anilines is 1. The van der Waals surface area contributed by atoms with Gasteiger partial charge < -0.3 is 14.6 Å². The number of ether oxygens (including phenoxy) is 1. The molecular formula is C21H18F3N5O. The van der Waals surface area contributed by atoms with Gasteiger partial charge in [0.2, 0.25) is 5.82 Å². The normalized spacial score (nSPS) is 12.7. The van der Waals surface area contributed by atoms with E-state index in [-0.39, 0.29) is 11.3 Å². The number of methoxy groups -OCH3 is 1. The van der Waals surface area contributed by atoms with E-state index in [2.05, 4.69) is 20.3 Å². The fourth-order valence-electron chi connectivity index (χ4n) is 3.22. The first kappa shape index (κ1) is 19.7. The smallest absolute Gasteiger partial charge is 0.451 e. The summed E-state index contributed by atoms with van der Waals surface area (Å²) in [5, 5.41) is 3.63. The van der Waals surface area contributed by atoms with E-state index in [0.29, 0.717) is 17.0 Å². The number of nitrogens with one attached hydrogen (secondary N) is 1. The molecule has 154 valence electrons. The van der Waals surface area contributed by atoms with Crippen molar-refractivity contribution < 1.29 is 17.9 Å². The van der Waals surface area contributed by atoms with E-state index in [4.69, 9.17) is 4.74 Å². The molecule has 0 aliphatic heterocycles. The van der Waals surface area contributed by atoms with Gasteiger partial charge in [0.1, 0.15) is 23.4 Å². The third-order valence-electron chi connectivity index (χ3n) is 4.68. The lowest BCUT2D eigenvalue weighted by atomic mass is 10.1. The topological polar surface area (TPSA) is 64.9 Å². The van der Waals surface area contributed by atoms with Crippen LogP contribution in [0.5, 0.6) is 5.75 Å². The average molecular weight is 413 g/mol. The highest BCUT2D eigenvalue weighted by molar-refractivity contribution is 5.89. The molecular weight excluding hydrogens is 395 g/mol. The molecule has 0 amide bonds. The molecule has 0 aliphatic carbocycles. The summed E-state index contributed by atoms with van der Waals surface area (Å²) in [4.78, 5) is 11.9. The predicted octanol–water partition coefficient (Wildman–Crippen LogP) is 4.59. The Morgan fingerprint density at radius 2 is 1.87 bits per heavy atom. The molecule has 0 radical (unpaired) electrons. The van der Waals surface area contributed by atoms with Crippen molar-refractivity contribution in [3.63, 3.8) is 0 Å². The van der Waals surface area contributed by atoms with Crippen molar-refractivity contribution >= 4 is 16.7 Å². The molecule has 0 fully saturated rings. The lowest BCUT2D eigenvalue weighted by molar-refractivity contribution is -0.144. The highest BCUT2D eigenvalue weighted by Crippen LogP contribution is 2.33. The van der Waals surface area contributed by atoms with Crippen molar-refractivity contribution in [2.45, 2.75) is 12.2 Å². The Bertz CT molecular complexity index is 1190. The van der Waals surface area contributed by atoms with Gasteiger partial charge in [-0.15, -0.1) is 0 Å². The SMILES string of the molecule is COc1cccc(C(Nc2nc(C(F)(F)F)nc3ccccc23)c2nccn2C)c1. The fraction of sp³-hybridized carbons (Fsp3) is 0.190. The van der Waals surface area contributed by atoms with Crippen LogP contribution in [0.3, 0.4) is 0 Å². The average Bonchev–Trinajstić information content (AvgIpc) is 3.16. The number of fused-ring (bicyclic) bond motifs is 1. The number of rotatable bonds is 5. The van der Waals surface area contributed by atoms with Crippen LogP contribution in [0, 0.1) is 0 Å². The summed E-state index contributed by atoms with van der Waals surface area (Å²) in [6.07, 6.45) is -1.28. The van der Waals surface area contributed by atoms with E-state index in [0.717, 1.165) is 5.56 Å². The number of halogens is 3. The number of aromatic nitrogens is 4. The van der Waals surface area contributed by atoms with Crippen LogP contribution in [-0.2, 0) is 13.2 Å². The van der Waals surface area contributed by atoms with Crippen LogP contribution in [0.15, 0.2) is 60.9 Å². The maximum absolute atomic E-state index is 13.4. The quantitative estimate of drug-likeness (QED) is 0.518. The molecule has 9 heteroatoms. The van der Waals surface area contributed by atoms with Crippen LogP contribution in [0.1, 0.15) is 23.3 Å². The molecule has 1 atom stereocenters. The molecule has 1 unspecified atom stereocenters. The molecule has 2 heterocycles. The van der Waals surface area contributed by atoms with Crippen molar-refractivity contribution in [2.75, 3.05) is 12.4 Å². The van der Waals surface area contributed by atoms with Gasteiger partial charge >= 0.3 is 6.18 Å². The first-order valence-electron chi connectivity index (χ1n) is 9.08. The van der Waals surface area contributed by atoms with Gasteiger partial charge in [-0.1, -0.05) is 24.3 Å². The zero-order valence-corrected chi connectivity index (χ0v) is 16.2. The summed E-state index contributed by atoms with van der Waals surface area (Å²) < 4.78 is 47.3. The molecule has 0 aliphatic rings. The van der Waals surface area contributed by atoms with Gasteiger partial charge in [0.15, 0.2) is 0 Å². The molecule has 4 aromatic rings. The van der Waals surface area contributed by atoms with Crippen LogP contribution >= 0.6 is 0 Å². The van der Waals surface area contributed by atoms with E-state index in [1.807, 2.05) is 19.2 Å². The fourth-order valence-corrected chi connectivity index (χ4v) is 3.22. The molecule has 2 aromatic heterocycles. The van der Waals surface area contributed by atoms with Crippen LogP contribution in [0.4, 0.5) is 19.0 Å². The molecule has 0 spiro atoms. The summed E-state index contributed by atoms with van der Waals surface area (Å²) >= 11 is 0. The van der Waals surface area contributed by atoms with Crippen molar-refractivity contribution in [3.8, 4) is 5.75 Å². The zero-order valence-electron chi connectivity index (χ0n) is 16.2. The van der Waals surface area contributed by atoms with Crippen molar-refractivity contribution in [1.82, 2.24) is 19.5 Å². The van der Waals surface area contributed by atoms with Gasteiger partial charge in [-0.25, -0.2) is 15.0 Å². The first-order valence-corrected chi connectivity index (χ1v) is 9.08. The van der Waals surface area contributed by atoms with Gasteiger partial charge in [0.25, 0.3) is 0 Å². The molecule has 2 aromatic carbocycles. The Hall–Kier alpha value is -3.62. The van der Waals surface area contributed by atoms with Gasteiger partial charge in [0.05, 0.1) is 12.6 Å². The highest BCUT2D eigenvalue weighted by atomic mass is 19.4. The lowest BCUT2D eigenvalue weighted by Gasteiger charge is -2.21. The Kier molecular flexibility index (Phi) is 5.03. The number of hydrogen-bond acceptors (Lipinski definition) is 5. The number of para-hydroxylation sites is 1. The third kappa shape index (κ3) is 3.78. The summed E-state index contributed by atoms with van der Waals surface area (Å²) in [5.41, 5.74) is 0.964.